The zero-order valence-electron chi connectivity index (χ0n) is 13.5. The predicted molar refractivity (Wildman–Crippen MR) is 94.6 cm³/mol. The molecular formula is C17H22Cl2N2O3. The number of halogens is 2. The number of hydrogen-bond acceptors (Lipinski definition) is 4. The topological polar surface area (TPSA) is 50.8 Å². The van der Waals surface area contributed by atoms with Gasteiger partial charge in [-0.05, 0) is 37.6 Å². The van der Waals surface area contributed by atoms with Gasteiger partial charge in [0.2, 0.25) is 5.91 Å². The first-order chi connectivity index (χ1) is 11.6. The number of ether oxygens (including phenoxy) is 2. The molecule has 1 aromatic carbocycles. The highest BCUT2D eigenvalue weighted by Crippen LogP contribution is 2.26. The Hall–Kier alpha value is -0.850. The molecule has 5 nitrogen and oxygen atoms in total. The second-order valence-electron chi connectivity index (χ2n) is 6.13. The van der Waals surface area contributed by atoms with E-state index in [0.29, 0.717) is 41.9 Å². The minimum absolute atomic E-state index is 0.0725. The first kappa shape index (κ1) is 18.0. The lowest BCUT2D eigenvalue weighted by molar-refractivity contribution is -0.120. The van der Waals surface area contributed by atoms with Crippen molar-refractivity contribution in [3.63, 3.8) is 0 Å². The molecule has 1 unspecified atom stereocenters. The molecule has 2 fully saturated rings. The van der Waals surface area contributed by atoms with Gasteiger partial charge in [0.1, 0.15) is 0 Å². The van der Waals surface area contributed by atoms with E-state index in [1.54, 1.807) is 18.2 Å². The highest BCUT2D eigenvalue weighted by molar-refractivity contribution is 6.35. The maximum Gasteiger partial charge on any atom is 0.225 e. The molecule has 1 N–H and O–H groups in total. The smallest absolute Gasteiger partial charge is 0.225 e. The number of amides is 1. The molecule has 7 heteroatoms. The van der Waals surface area contributed by atoms with E-state index in [1.165, 1.54) is 6.42 Å². The van der Waals surface area contributed by atoms with E-state index in [4.69, 9.17) is 32.7 Å². The molecule has 1 amide bonds. The van der Waals surface area contributed by atoms with Crippen molar-refractivity contribution in [2.24, 2.45) is 0 Å². The van der Waals surface area contributed by atoms with Crippen molar-refractivity contribution in [1.29, 1.82) is 0 Å². The summed E-state index contributed by atoms with van der Waals surface area (Å²) in [6.07, 6.45) is 3.61. The zero-order valence-corrected chi connectivity index (χ0v) is 15.0. The van der Waals surface area contributed by atoms with Crippen LogP contribution in [0.1, 0.15) is 25.7 Å². The Morgan fingerprint density at radius 2 is 2.04 bits per heavy atom. The summed E-state index contributed by atoms with van der Waals surface area (Å²) in [5.74, 6) is -0.0725. The van der Waals surface area contributed by atoms with E-state index < -0.39 is 0 Å². The highest BCUT2D eigenvalue weighted by atomic mass is 35.5. The summed E-state index contributed by atoms with van der Waals surface area (Å²) < 4.78 is 11.3. The van der Waals surface area contributed by atoms with E-state index in [9.17, 15) is 4.79 Å². The number of likely N-dealkylation sites (tertiary alicyclic amines) is 1. The number of rotatable bonds is 5. The van der Waals surface area contributed by atoms with Crippen molar-refractivity contribution in [3.05, 3.63) is 28.2 Å². The minimum Gasteiger partial charge on any atom is -0.349 e. The van der Waals surface area contributed by atoms with E-state index in [2.05, 4.69) is 10.2 Å². The van der Waals surface area contributed by atoms with Crippen LogP contribution in [0, 0.1) is 0 Å². The number of piperidine rings is 1. The second kappa shape index (κ2) is 8.50. The molecule has 132 valence electrons. The van der Waals surface area contributed by atoms with Crippen LogP contribution in [0.4, 0.5) is 5.69 Å². The molecule has 0 aliphatic carbocycles. The third-order valence-corrected chi connectivity index (χ3v) is 5.02. The predicted octanol–water partition coefficient (Wildman–Crippen LogP) is 3.55. The summed E-state index contributed by atoms with van der Waals surface area (Å²) in [6, 6.07) is 5.27. The van der Waals surface area contributed by atoms with E-state index in [0.717, 1.165) is 19.4 Å². The van der Waals surface area contributed by atoms with Crippen LogP contribution in [0.5, 0.6) is 0 Å². The van der Waals surface area contributed by atoms with Crippen molar-refractivity contribution in [3.8, 4) is 0 Å². The van der Waals surface area contributed by atoms with Gasteiger partial charge in [-0.25, -0.2) is 0 Å². The van der Waals surface area contributed by atoms with Crippen molar-refractivity contribution in [2.75, 3.05) is 31.6 Å². The number of hydrogen-bond donors (Lipinski definition) is 1. The number of anilines is 1. The summed E-state index contributed by atoms with van der Waals surface area (Å²) in [5.41, 5.74) is 0.548. The molecule has 24 heavy (non-hydrogen) atoms. The van der Waals surface area contributed by atoms with Crippen LogP contribution in [0.3, 0.4) is 0 Å². The molecule has 2 aliphatic heterocycles. The van der Waals surface area contributed by atoms with Crippen LogP contribution in [0.2, 0.25) is 10.0 Å². The van der Waals surface area contributed by atoms with Crippen molar-refractivity contribution in [2.45, 2.75) is 38.0 Å². The minimum atomic E-state index is -0.157. The molecule has 0 bridgehead atoms. The monoisotopic (exact) mass is 372 g/mol. The van der Waals surface area contributed by atoms with Gasteiger partial charge in [-0.15, -0.1) is 0 Å². The molecule has 2 saturated heterocycles. The standard InChI is InChI=1S/C17H22Cl2N2O3/c18-12-4-5-13(19)14(11-12)20-16(22)6-8-21-7-2-1-3-15(21)17-23-9-10-24-17/h4-5,11,15,17H,1-3,6-10H2,(H,20,22). The van der Waals surface area contributed by atoms with Gasteiger partial charge in [0.05, 0.1) is 30.0 Å². The van der Waals surface area contributed by atoms with Crippen molar-refractivity contribution >= 4 is 34.8 Å². The number of benzene rings is 1. The van der Waals surface area contributed by atoms with Crippen LogP contribution in [-0.2, 0) is 14.3 Å². The lowest BCUT2D eigenvalue weighted by Crippen LogP contribution is -2.48. The normalized spacial score (nSPS) is 22.7. The van der Waals surface area contributed by atoms with Crippen LogP contribution in [0.25, 0.3) is 0 Å². The van der Waals surface area contributed by atoms with Gasteiger partial charge >= 0.3 is 0 Å². The highest BCUT2D eigenvalue weighted by Gasteiger charge is 2.33. The summed E-state index contributed by atoms with van der Waals surface area (Å²) in [7, 11) is 0. The third-order valence-electron chi connectivity index (χ3n) is 4.45. The molecule has 0 spiro atoms. The Morgan fingerprint density at radius 1 is 1.25 bits per heavy atom. The van der Waals surface area contributed by atoms with E-state index in [1.807, 2.05) is 0 Å². The van der Waals surface area contributed by atoms with Gasteiger partial charge in [-0.2, -0.15) is 0 Å². The van der Waals surface area contributed by atoms with Crippen LogP contribution in [-0.4, -0.2) is 49.4 Å². The fraction of sp³-hybridized carbons (Fsp3) is 0.588. The Kier molecular flexibility index (Phi) is 6.36. The summed E-state index contributed by atoms with van der Waals surface area (Å²) in [4.78, 5) is 14.5. The maximum atomic E-state index is 12.2. The maximum absolute atomic E-state index is 12.2. The molecule has 2 aliphatic rings. The van der Waals surface area contributed by atoms with E-state index >= 15 is 0 Å². The van der Waals surface area contributed by atoms with E-state index in [-0.39, 0.29) is 18.2 Å². The fourth-order valence-electron chi connectivity index (χ4n) is 3.25. The fourth-order valence-corrected chi connectivity index (χ4v) is 3.59. The Morgan fingerprint density at radius 3 is 2.83 bits per heavy atom. The third kappa shape index (κ3) is 4.61. The molecule has 0 saturated carbocycles. The summed E-state index contributed by atoms with van der Waals surface area (Å²) >= 11 is 12.0. The van der Waals surface area contributed by atoms with Gasteiger partial charge in [-0.3, -0.25) is 9.69 Å². The number of nitrogens with zero attached hydrogens (tertiary/aromatic N) is 1. The summed E-state index contributed by atoms with van der Waals surface area (Å²) in [5, 5.41) is 3.86. The summed E-state index contributed by atoms with van der Waals surface area (Å²) in [6.45, 7) is 2.96. The SMILES string of the molecule is O=C(CCN1CCCCC1C1OCCO1)Nc1cc(Cl)ccc1Cl. The molecule has 1 atom stereocenters. The molecule has 0 aromatic heterocycles. The largest absolute Gasteiger partial charge is 0.349 e. The number of carbonyl (C=O) groups is 1. The van der Waals surface area contributed by atoms with Crippen molar-refractivity contribution in [1.82, 2.24) is 4.90 Å². The molecule has 0 radical (unpaired) electrons. The number of nitrogens with one attached hydrogen (secondary N) is 1. The lowest BCUT2D eigenvalue weighted by atomic mass is 10.0. The van der Waals surface area contributed by atoms with Crippen LogP contribution < -0.4 is 5.32 Å². The van der Waals surface area contributed by atoms with Gasteiger partial charge in [0.15, 0.2) is 6.29 Å². The quantitative estimate of drug-likeness (QED) is 0.858. The molecular weight excluding hydrogens is 351 g/mol. The van der Waals surface area contributed by atoms with Gasteiger partial charge < -0.3 is 14.8 Å². The molecule has 3 rings (SSSR count). The zero-order chi connectivity index (χ0) is 16.9. The lowest BCUT2D eigenvalue weighted by Gasteiger charge is -2.37. The average molecular weight is 373 g/mol. The van der Waals surface area contributed by atoms with Crippen LogP contribution in [0.15, 0.2) is 18.2 Å². The Bertz CT molecular complexity index is 579. The first-order valence-corrected chi connectivity index (χ1v) is 9.11. The van der Waals surface area contributed by atoms with Gasteiger partial charge in [-0.1, -0.05) is 29.6 Å². The first-order valence-electron chi connectivity index (χ1n) is 8.35. The Labute approximate surface area is 152 Å². The molecule has 1 aromatic rings. The van der Waals surface area contributed by atoms with Gasteiger partial charge in [0.25, 0.3) is 0 Å². The second-order valence-corrected chi connectivity index (χ2v) is 6.98. The average Bonchev–Trinajstić information content (AvgIpc) is 3.11. The van der Waals surface area contributed by atoms with Gasteiger partial charge in [0, 0.05) is 18.0 Å². The molecule has 2 heterocycles. The van der Waals surface area contributed by atoms with Crippen molar-refractivity contribution < 1.29 is 14.3 Å². The number of carbonyl (C=O) groups excluding carboxylic acids is 1. The van der Waals surface area contributed by atoms with Crippen LogP contribution >= 0.6 is 23.2 Å². The Balaban J connectivity index is 1.53.